The van der Waals surface area contributed by atoms with E-state index in [0.29, 0.717) is 73.9 Å². The number of likely N-dealkylation sites (tertiary alicyclic amines) is 2. The van der Waals surface area contributed by atoms with Gasteiger partial charge in [0.15, 0.2) is 11.5 Å². The van der Waals surface area contributed by atoms with Gasteiger partial charge in [-0.25, -0.2) is 14.8 Å². The highest BCUT2D eigenvalue weighted by molar-refractivity contribution is 5.98. The zero-order valence-corrected chi connectivity index (χ0v) is 25.3. The van der Waals surface area contributed by atoms with Crippen LogP contribution in [0.5, 0.6) is 11.5 Å². The summed E-state index contributed by atoms with van der Waals surface area (Å²) in [7, 11) is 0. The molecule has 2 fully saturated rings. The van der Waals surface area contributed by atoms with Crippen molar-refractivity contribution in [1.82, 2.24) is 28.9 Å². The summed E-state index contributed by atoms with van der Waals surface area (Å²) in [6, 6.07) is 18.6. The number of aliphatic hydroxyl groups excluding tert-OH is 1. The van der Waals surface area contributed by atoms with Crippen LogP contribution in [0.25, 0.3) is 16.9 Å². The van der Waals surface area contributed by atoms with E-state index >= 15 is 0 Å². The maximum atomic E-state index is 13.8. The third kappa shape index (κ3) is 6.05. The summed E-state index contributed by atoms with van der Waals surface area (Å²) in [5.41, 5.74) is 6.94. The summed E-state index contributed by atoms with van der Waals surface area (Å²) in [5.74, 6) is 1.17. The van der Waals surface area contributed by atoms with E-state index in [1.165, 1.54) is 10.9 Å². The van der Waals surface area contributed by atoms with Crippen LogP contribution in [-0.4, -0.2) is 77.7 Å². The normalized spacial score (nSPS) is 16.8. The van der Waals surface area contributed by atoms with E-state index in [-0.39, 0.29) is 35.0 Å². The highest BCUT2D eigenvalue weighted by Gasteiger charge is 2.36. The van der Waals surface area contributed by atoms with E-state index < -0.39 is 5.54 Å². The predicted molar refractivity (Wildman–Crippen MR) is 169 cm³/mol. The van der Waals surface area contributed by atoms with E-state index in [0.717, 1.165) is 0 Å². The van der Waals surface area contributed by atoms with Crippen molar-refractivity contribution in [3.05, 3.63) is 83.1 Å². The Labute approximate surface area is 260 Å². The molecule has 2 aromatic heterocycles. The summed E-state index contributed by atoms with van der Waals surface area (Å²) < 4.78 is 8.97. The van der Waals surface area contributed by atoms with Gasteiger partial charge >= 0.3 is 5.69 Å². The Balaban J connectivity index is 1.18. The third-order valence-electron chi connectivity index (χ3n) is 8.62. The molecular weight excluding hydrogens is 572 g/mol. The van der Waals surface area contributed by atoms with Gasteiger partial charge < -0.3 is 20.5 Å². The molecule has 0 bridgehead atoms. The molecule has 0 spiro atoms. The van der Waals surface area contributed by atoms with Crippen molar-refractivity contribution in [2.24, 2.45) is 5.92 Å². The lowest BCUT2D eigenvalue weighted by atomic mass is 9.93. The quantitative estimate of drug-likeness (QED) is 0.227. The summed E-state index contributed by atoms with van der Waals surface area (Å²) in [6.45, 7) is 6.49. The first kappa shape index (κ1) is 30.1. The molecular formula is C33H36N8O4. The number of anilines is 1. The molecule has 3 N–H and O–H groups in total. The molecule has 0 atom stereocenters. The number of imidazole rings is 1. The number of para-hydroxylation sites is 1. The number of nitrogens with zero attached hydrogens (tertiary/aromatic N) is 7. The van der Waals surface area contributed by atoms with Crippen molar-refractivity contribution in [1.29, 1.82) is 5.26 Å². The number of rotatable bonds is 8. The zero-order chi connectivity index (χ0) is 31.7. The van der Waals surface area contributed by atoms with Crippen LogP contribution in [0, 0.1) is 17.2 Å². The highest BCUT2D eigenvalue weighted by Crippen LogP contribution is 2.28. The van der Waals surface area contributed by atoms with Crippen LogP contribution in [0.2, 0.25) is 0 Å². The minimum absolute atomic E-state index is 0.0138. The highest BCUT2D eigenvalue weighted by atomic mass is 16.5. The number of nitrogen functional groups attached to an aromatic ring is 1. The number of aliphatic hydroxyl groups is 1. The summed E-state index contributed by atoms with van der Waals surface area (Å²) >= 11 is 0. The Hall–Kier alpha value is -4.99. The number of carbonyl (C=O) groups is 1. The second-order valence-electron chi connectivity index (χ2n) is 12.2. The maximum absolute atomic E-state index is 13.8. The molecule has 0 unspecified atom stereocenters. The molecule has 232 valence electrons. The molecule has 2 aliphatic rings. The molecule has 4 heterocycles. The molecule has 4 aromatic rings. The lowest BCUT2D eigenvalue weighted by Gasteiger charge is -2.41. The number of benzene rings is 2. The van der Waals surface area contributed by atoms with Crippen LogP contribution in [0.15, 0.2) is 77.4 Å². The molecule has 0 aliphatic carbocycles. The monoisotopic (exact) mass is 608 g/mol. The van der Waals surface area contributed by atoms with E-state index in [4.69, 9.17) is 10.5 Å². The van der Waals surface area contributed by atoms with Crippen LogP contribution < -0.4 is 16.2 Å². The van der Waals surface area contributed by atoms with E-state index in [1.54, 1.807) is 39.8 Å². The molecule has 2 aromatic carbocycles. The summed E-state index contributed by atoms with van der Waals surface area (Å²) in [5, 5.41) is 19.7. The minimum Gasteiger partial charge on any atom is -0.457 e. The first-order valence-corrected chi connectivity index (χ1v) is 15.0. The van der Waals surface area contributed by atoms with Gasteiger partial charge in [0.2, 0.25) is 0 Å². The number of hydrogen-bond donors (Lipinski definition) is 2. The lowest BCUT2D eigenvalue weighted by molar-refractivity contribution is -0.133. The zero-order valence-electron chi connectivity index (χ0n) is 25.3. The molecule has 12 heteroatoms. The number of amides is 1. The Morgan fingerprint density at radius 3 is 2.42 bits per heavy atom. The largest absolute Gasteiger partial charge is 0.457 e. The van der Waals surface area contributed by atoms with Crippen LogP contribution in [-0.2, 0) is 11.3 Å². The van der Waals surface area contributed by atoms with Crippen molar-refractivity contribution in [3.63, 3.8) is 0 Å². The molecule has 45 heavy (non-hydrogen) atoms. The molecule has 2 aliphatic heterocycles. The van der Waals surface area contributed by atoms with Gasteiger partial charge in [-0.1, -0.05) is 18.2 Å². The van der Waals surface area contributed by atoms with Crippen LogP contribution in [0.3, 0.4) is 0 Å². The minimum atomic E-state index is -0.508. The number of carbonyl (C=O) groups excluding carboxylic acids is 1. The van der Waals surface area contributed by atoms with Crippen molar-refractivity contribution in [2.45, 2.75) is 44.9 Å². The van der Waals surface area contributed by atoms with Crippen molar-refractivity contribution < 1.29 is 14.6 Å². The number of fused-ring (bicyclic) bond motifs is 1. The first-order valence-electron chi connectivity index (χ1n) is 15.0. The molecule has 12 nitrogen and oxygen atoms in total. The second-order valence-corrected chi connectivity index (χ2v) is 12.2. The third-order valence-corrected chi connectivity index (χ3v) is 8.62. The number of nitriles is 1. The Morgan fingerprint density at radius 1 is 1.09 bits per heavy atom. The topological polar surface area (TPSA) is 156 Å². The van der Waals surface area contributed by atoms with Crippen LogP contribution >= 0.6 is 0 Å². The van der Waals surface area contributed by atoms with Gasteiger partial charge in [-0.3, -0.25) is 18.8 Å². The smallest absolute Gasteiger partial charge is 0.335 e. The SMILES string of the molecule is CC(C)(/C=C(/C#N)C(=O)N1CC(Cn2c(=O)n(-c3ccc(Oc4ccccc4)cc3)c3c(N)ncnc32)C1)N1CCC(O)CC1. The number of piperidine rings is 1. The van der Waals surface area contributed by atoms with Crippen LogP contribution in [0.4, 0.5) is 5.82 Å². The van der Waals surface area contributed by atoms with Gasteiger partial charge in [0.05, 0.1) is 11.8 Å². The predicted octanol–water partition coefficient (Wildman–Crippen LogP) is 3.10. The Bertz CT molecular complexity index is 1820. The van der Waals surface area contributed by atoms with E-state index in [1.807, 2.05) is 44.2 Å². The fourth-order valence-corrected chi connectivity index (χ4v) is 6.10. The summed E-state index contributed by atoms with van der Waals surface area (Å²) in [4.78, 5) is 39.4. The fraction of sp³-hybridized carbons (Fsp3) is 0.364. The van der Waals surface area contributed by atoms with Crippen LogP contribution in [0.1, 0.15) is 26.7 Å². The summed E-state index contributed by atoms with van der Waals surface area (Å²) in [6.07, 6.45) is 4.09. The van der Waals surface area contributed by atoms with E-state index in [2.05, 4.69) is 20.9 Å². The van der Waals surface area contributed by atoms with Gasteiger partial charge in [0, 0.05) is 44.2 Å². The first-order chi connectivity index (χ1) is 21.6. The average molecular weight is 609 g/mol. The molecule has 2 saturated heterocycles. The van der Waals surface area contributed by atoms with Gasteiger partial charge in [-0.05, 0) is 69.2 Å². The number of hydrogen-bond acceptors (Lipinski definition) is 9. The number of ether oxygens (including phenoxy) is 1. The Morgan fingerprint density at radius 2 is 1.76 bits per heavy atom. The molecule has 0 radical (unpaired) electrons. The van der Waals surface area contributed by atoms with Gasteiger partial charge in [-0.2, -0.15) is 5.26 Å². The van der Waals surface area contributed by atoms with Gasteiger partial charge in [0.1, 0.15) is 35.0 Å². The number of nitrogens with two attached hydrogens (primary N) is 1. The second kappa shape index (κ2) is 12.2. The van der Waals surface area contributed by atoms with Gasteiger partial charge in [0.25, 0.3) is 5.91 Å². The maximum Gasteiger partial charge on any atom is 0.335 e. The average Bonchev–Trinajstić information content (AvgIpc) is 3.30. The van der Waals surface area contributed by atoms with Crippen molar-refractivity contribution in [2.75, 3.05) is 31.9 Å². The lowest BCUT2D eigenvalue weighted by Crippen LogP contribution is -2.53. The standard InChI is InChI=1S/C33H36N8O4/c1-33(2,39-14-12-25(42)13-15-39)16-23(17-34)31(43)38-18-22(19-38)20-40-30-28(29(35)36-21-37-30)41(32(40)44)24-8-10-27(11-9-24)45-26-6-4-3-5-7-26/h3-11,16,21-22,25,42H,12-15,18-20H2,1-2H3,(H2,35,36,37)/b23-16-. The van der Waals surface area contributed by atoms with Gasteiger partial charge in [-0.15, -0.1) is 0 Å². The van der Waals surface area contributed by atoms with E-state index in [9.17, 15) is 20.0 Å². The van der Waals surface area contributed by atoms with Crippen molar-refractivity contribution >= 4 is 22.9 Å². The fourth-order valence-electron chi connectivity index (χ4n) is 6.10. The molecule has 1 amide bonds. The number of aromatic nitrogens is 4. The Kier molecular flexibility index (Phi) is 8.14. The van der Waals surface area contributed by atoms with Crippen molar-refractivity contribution in [3.8, 4) is 23.3 Å². The molecule has 6 rings (SSSR count). The molecule has 0 saturated carbocycles.